The molecule has 0 bridgehead atoms. The highest BCUT2D eigenvalue weighted by Gasteiger charge is 2.35. The molecule has 1 fully saturated rings. The Hall–Kier alpha value is 0.260. The minimum Gasteiger partial charge on any atom is -0.471 e. The van der Waals surface area contributed by atoms with Crippen molar-refractivity contribution in [3.8, 4) is 28.3 Å². The van der Waals surface area contributed by atoms with E-state index in [4.69, 9.17) is 14.8 Å². The van der Waals surface area contributed by atoms with Crippen LogP contribution >= 0.6 is 104 Å². The number of alkyl halides is 5. The van der Waals surface area contributed by atoms with E-state index in [9.17, 15) is 10.2 Å². The molecule has 12 heteroatoms. The molecular formula is C31H39I5N4O3. The summed E-state index contributed by atoms with van der Waals surface area (Å²) < 4.78 is 30.0. The van der Waals surface area contributed by atoms with Gasteiger partial charge in [0.25, 0.3) is 0 Å². The first-order valence-corrected chi connectivity index (χ1v) is 26.8. The van der Waals surface area contributed by atoms with Crippen LogP contribution in [0.25, 0.3) is 22.5 Å². The third kappa shape index (κ3) is 8.60. The molecule has 1 saturated heterocycles. The number of ether oxygens (including phenoxy) is 1. The average molecular weight is 1150 g/mol. The van der Waals surface area contributed by atoms with Gasteiger partial charge in [0, 0.05) is 48.9 Å². The van der Waals surface area contributed by atoms with E-state index < -0.39 is 5.60 Å². The van der Waals surface area contributed by atoms with Crippen LogP contribution in [0.5, 0.6) is 5.75 Å². The van der Waals surface area contributed by atoms with Crippen LogP contribution in [0.3, 0.4) is 0 Å². The van der Waals surface area contributed by atoms with E-state index in [1.54, 1.807) is 6.92 Å². The van der Waals surface area contributed by atoms with Crippen LogP contribution < -0.4 is 4.74 Å². The van der Waals surface area contributed by atoms with Crippen LogP contribution in [0, 0.1) is 5.92 Å². The highest BCUT2D eigenvalue weighted by Crippen LogP contribution is 2.53. The van der Waals surface area contributed by atoms with E-state index in [2.05, 4.69) is 63.9 Å². The van der Waals surface area contributed by atoms with Crippen LogP contribution in [-0.4, -0.2) is 79.9 Å². The normalized spacial score (nSPS) is 17.7. The summed E-state index contributed by atoms with van der Waals surface area (Å²) in [6, 6.07) is 12.8. The predicted octanol–water partition coefficient (Wildman–Crippen LogP) is 6.89. The second kappa shape index (κ2) is 16.4. The van der Waals surface area contributed by atoms with E-state index in [1.165, 1.54) is 0 Å². The summed E-state index contributed by atoms with van der Waals surface area (Å²) in [7, 11) is 1.97. The van der Waals surface area contributed by atoms with E-state index in [1.807, 2.05) is 17.9 Å². The maximum atomic E-state index is 10.7. The molecule has 2 atom stereocenters. The molecule has 2 N–H and O–H groups in total. The third-order valence-electron chi connectivity index (χ3n) is 7.65. The lowest BCUT2D eigenvalue weighted by Gasteiger charge is -2.39. The van der Waals surface area contributed by atoms with Gasteiger partial charge in [-0.3, -0.25) is 14.6 Å². The Bertz CT molecular complexity index is 1460. The maximum absolute atomic E-state index is 10.7. The van der Waals surface area contributed by atoms with Gasteiger partial charge < -0.3 is 14.9 Å². The van der Waals surface area contributed by atoms with Gasteiger partial charge in [-0.2, -0.15) is 5.10 Å². The van der Waals surface area contributed by atoms with Gasteiger partial charge in [-0.05, 0) is 50.6 Å². The minimum absolute atomic E-state index is 0.0341. The topological polar surface area (TPSA) is 83.6 Å². The summed E-state index contributed by atoms with van der Waals surface area (Å²) in [5.41, 5.74) is 5.08. The number of aromatic nitrogens is 3. The van der Waals surface area contributed by atoms with Gasteiger partial charge in [-0.25, -0.2) is 0 Å². The van der Waals surface area contributed by atoms with Crippen molar-refractivity contribution < 1.29 is 14.9 Å². The van der Waals surface area contributed by atoms with Gasteiger partial charge in [0.2, 0.25) is 0 Å². The van der Waals surface area contributed by atoms with Crippen molar-refractivity contribution in [1.29, 1.82) is 0 Å². The van der Waals surface area contributed by atoms with Crippen molar-refractivity contribution in [1.82, 2.24) is 19.7 Å². The molecule has 0 amide bonds. The predicted molar refractivity (Wildman–Crippen MR) is 229 cm³/mol. The van der Waals surface area contributed by atoms with E-state index >= 15 is 0 Å². The molecule has 3 aromatic rings. The molecule has 4 rings (SSSR count). The molecule has 236 valence electrons. The van der Waals surface area contributed by atoms with Crippen LogP contribution in [0.4, 0.5) is 0 Å². The number of hydrogen-bond acceptors (Lipinski definition) is 6. The van der Waals surface area contributed by atoms with Crippen LogP contribution in [0.15, 0.2) is 42.6 Å². The number of piperidine rings is 1. The van der Waals surface area contributed by atoms with Crippen molar-refractivity contribution in [2.24, 2.45) is 13.0 Å². The van der Waals surface area contributed by atoms with E-state index in [0.29, 0.717) is 0 Å². The lowest BCUT2D eigenvalue weighted by molar-refractivity contribution is -0.0697. The lowest BCUT2D eigenvalue weighted by atomic mass is 9.83. The Balaban J connectivity index is 1.64. The second-order valence-corrected chi connectivity index (χ2v) is 30.2. The van der Waals surface area contributed by atoms with Crippen LogP contribution in [0.2, 0.25) is 0 Å². The maximum Gasteiger partial charge on any atom is 0.188 e. The molecule has 0 unspecified atom stereocenters. The molecule has 0 aliphatic carbocycles. The zero-order valence-electron chi connectivity index (χ0n) is 24.5. The molecule has 43 heavy (non-hydrogen) atoms. The highest BCUT2D eigenvalue weighted by atomic mass is 127. The van der Waals surface area contributed by atoms with Crippen molar-refractivity contribution >= 4 is 126 Å². The number of nitrogens with zero attached hydrogens (tertiary/aromatic N) is 4. The molecule has 1 aromatic carbocycles. The third-order valence-corrected chi connectivity index (χ3v) is 30.1. The molecular weight excluding hydrogens is 1110 g/mol. The Labute approximate surface area is 305 Å². The summed E-state index contributed by atoms with van der Waals surface area (Å²) in [6.45, 7) is 3.92. The van der Waals surface area contributed by atoms with Gasteiger partial charge in [0.15, 0.2) is 2.12 Å². The molecule has 0 spiro atoms. The van der Waals surface area contributed by atoms with Crippen molar-refractivity contribution in [2.75, 3.05) is 19.7 Å². The van der Waals surface area contributed by atoms with Crippen LogP contribution in [-0.2, 0) is 13.0 Å². The number of aryl methyl sites for hydroxylation is 1. The van der Waals surface area contributed by atoms with Crippen LogP contribution in [0.1, 0.15) is 31.0 Å². The SMILES string of the molecule is C=IC(Oc1cc(-c2cc(-c3ccc(C(I=C)(I=C)I=C)nc3)n(C)n2)ccc1CN1CCC[C@H]([C@](C)(O)CO)C1)I=C. The zero-order chi connectivity index (χ0) is 31.2. The van der Waals surface area contributed by atoms with Gasteiger partial charge in [-0.15, -0.1) is 0 Å². The smallest absolute Gasteiger partial charge is 0.188 e. The van der Waals surface area contributed by atoms with Gasteiger partial charge in [0.05, 0.1) is 29.3 Å². The minimum atomic E-state index is -1.07. The Morgan fingerprint density at radius 1 is 1.05 bits per heavy atom. The number of rotatable bonds is 14. The number of aliphatic hydroxyl groups excluding tert-OH is 1. The number of likely N-dealkylation sites (tertiary alicyclic amines) is 1. The molecule has 0 radical (unpaired) electrons. The fourth-order valence-corrected chi connectivity index (χ4v) is 14.7. The summed E-state index contributed by atoms with van der Waals surface area (Å²) in [5.74, 6) is 0.899. The monoisotopic (exact) mass is 1150 g/mol. The zero-order valence-corrected chi connectivity index (χ0v) is 35.2. The fraction of sp³-hybridized carbons (Fsp3) is 0.387. The summed E-state index contributed by atoms with van der Waals surface area (Å²) in [5, 5.41) is 25.3. The summed E-state index contributed by atoms with van der Waals surface area (Å²) in [6.07, 6.45) is 3.87. The van der Waals surface area contributed by atoms with Crippen molar-refractivity contribution in [3.63, 3.8) is 0 Å². The van der Waals surface area contributed by atoms with Crippen molar-refractivity contribution in [3.05, 3.63) is 53.9 Å². The number of benzene rings is 1. The lowest BCUT2D eigenvalue weighted by Crippen LogP contribution is -2.47. The number of halogens is 5. The first-order valence-electron chi connectivity index (χ1n) is 13.4. The molecule has 0 saturated carbocycles. The number of pyridine rings is 1. The number of hydrogen-bond donors (Lipinski definition) is 2. The largest absolute Gasteiger partial charge is 0.471 e. The first kappa shape index (κ1) is 36.1. The summed E-state index contributed by atoms with van der Waals surface area (Å²) in [4.78, 5) is 7.25. The van der Waals surface area contributed by atoms with Gasteiger partial charge >= 0.3 is 0 Å². The molecule has 1 aliphatic rings. The van der Waals surface area contributed by atoms with E-state index in [0.717, 1.165) is 72.0 Å². The Kier molecular flexibility index (Phi) is 13.8. The molecule has 2 aromatic heterocycles. The second-order valence-electron chi connectivity index (χ2n) is 10.5. The Morgan fingerprint density at radius 3 is 2.35 bits per heavy atom. The van der Waals surface area contributed by atoms with Crippen molar-refractivity contribution in [2.45, 2.75) is 33.5 Å². The van der Waals surface area contributed by atoms with E-state index in [-0.39, 0.29) is 118 Å². The first-order chi connectivity index (χ1) is 20.6. The quantitative estimate of drug-likeness (QED) is 0.135. The molecule has 7 nitrogen and oxygen atoms in total. The number of aliphatic hydroxyl groups is 2. The molecule has 1 aliphatic heterocycles. The fourth-order valence-electron chi connectivity index (χ4n) is 5.14. The average Bonchev–Trinajstić information content (AvgIpc) is 3.43. The standard InChI is InChI=1S/C31H39I5N4O3/c1-30(42,20-41)24-9-8-14-40(19-24)18-23-11-10-21(15-27(23)43-29(32-2)33-3)25-16-26(39(7)38-25)22-12-13-28(37-17-22)31(34-4,35-5)36-6/h10-13,15-17,24,29,41-42H,2-6,8-9,14,18-20H2,1,7H3/t24-,30+/m0/s1. The molecule has 3 heterocycles. The highest BCUT2D eigenvalue weighted by molar-refractivity contribution is 14.3. The van der Waals surface area contributed by atoms with Gasteiger partial charge in [-0.1, -0.05) is 138 Å². The summed E-state index contributed by atoms with van der Waals surface area (Å²) >= 11 is -1.45. The van der Waals surface area contributed by atoms with Gasteiger partial charge in [0.1, 0.15) is 5.18 Å². The Morgan fingerprint density at radius 2 is 1.74 bits per heavy atom.